The molecule has 38 heavy (non-hydrogen) atoms. The molecule has 0 aromatic heterocycles. The fraction of sp³-hybridized carbons (Fsp3) is 0.452. The molecule has 2 aromatic rings. The number of methoxy groups -OCH3 is 4. The Hall–Kier alpha value is -3.29. The molecule has 1 aliphatic rings. The number of hydrogen-bond donors (Lipinski definition) is 0. The summed E-state index contributed by atoms with van der Waals surface area (Å²) in [5, 5.41) is 0. The number of ketones is 1. The monoisotopic (exact) mass is 524 g/mol. The second-order valence-electron chi connectivity index (χ2n) is 9.57. The van der Waals surface area contributed by atoms with Crippen LogP contribution in [0.1, 0.15) is 61.4 Å². The Morgan fingerprint density at radius 3 is 2.03 bits per heavy atom. The Labute approximate surface area is 226 Å². The molecule has 0 radical (unpaired) electrons. The zero-order valence-corrected chi connectivity index (χ0v) is 23.4. The van der Waals surface area contributed by atoms with Crippen LogP contribution in [0.15, 0.2) is 59.7 Å². The van der Waals surface area contributed by atoms with Crippen molar-refractivity contribution in [2.24, 2.45) is 5.92 Å². The van der Waals surface area contributed by atoms with E-state index < -0.39 is 0 Å². The minimum Gasteiger partial charge on any atom is -0.497 e. The van der Waals surface area contributed by atoms with E-state index in [9.17, 15) is 4.79 Å². The van der Waals surface area contributed by atoms with E-state index in [1.165, 1.54) is 25.4 Å². The molecular weight excluding hydrogens is 484 g/mol. The third-order valence-electron chi connectivity index (χ3n) is 6.71. The second kappa shape index (κ2) is 14.6. The van der Waals surface area contributed by atoms with E-state index in [0.717, 1.165) is 30.6 Å². The van der Waals surface area contributed by atoms with Crippen molar-refractivity contribution in [2.45, 2.75) is 45.4 Å². The highest BCUT2D eigenvalue weighted by Crippen LogP contribution is 2.44. The van der Waals surface area contributed by atoms with Gasteiger partial charge in [-0.05, 0) is 63.1 Å². The highest BCUT2D eigenvalue weighted by atomic mass is 16.7. The number of benzene rings is 2. The minimum atomic E-state index is -0.307. The summed E-state index contributed by atoms with van der Waals surface area (Å²) in [6.07, 6.45) is 7.89. The van der Waals surface area contributed by atoms with Crippen molar-refractivity contribution >= 4 is 5.78 Å². The largest absolute Gasteiger partial charge is 0.497 e. The van der Waals surface area contributed by atoms with E-state index >= 15 is 0 Å². The first kappa shape index (κ1) is 29.3. The zero-order chi connectivity index (χ0) is 27.5. The Balaban J connectivity index is 2.04. The van der Waals surface area contributed by atoms with Gasteiger partial charge >= 0.3 is 0 Å². The summed E-state index contributed by atoms with van der Waals surface area (Å²) in [6.45, 7) is 4.20. The molecule has 0 heterocycles. The van der Waals surface area contributed by atoms with Crippen molar-refractivity contribution in [3.63, 3.8) is 0 Å². The lowest BCUT2D eigenvalue weighted by atomic mass is 9.72. The molecule has 0 fully saturated rings. The topological polar surface area (TPSA) is 72.5 Å². The van der Waals surface area contributed by atoms with Gasteiger partial charge in [0.25, 0.3) is 0 Å². The normalized spacial score (nSPS) is 16.8. The van der Waals surface area contributed by atoms with Gasteiger partial charge in [0.15, 0.2) is 19.4 Å². The summed E-state index contributed by atoms with van der Waals surface area (Å²) in [5.41, 5.74) is 4.15. The second-order valence-corrected chi connectivity index (χ2v) is 9.57. The number of carbonyl (C=O) groups excluding carboxylic acids is 1. The highest BCUT2D eigenvalue weighted by molar-refractivity contribution is 6.03. The Morgan fingerprint density at radius 1 is 0.895 bits per heavy atom. The van der Waals surface area contributed by atoms with Crippen molar-refractivity contribution in [1.29, 1.82) is 0 Å². The quantitative estimate of drug-likeness (QED) is 0.154. The zero-order valence-electron chi connectivity index (χ0n) is 23.4. The summed E-state index contributed by atoms with van der Waals surface area (Å²) in [6, 6.07) is 11.4. The lowest BCUT2D eigenvalue weighted by Crippen LogP contribution is -2.27. The van der Waals surface area contributed by atoms with Crippen LogP contribution < -0.4 is 18.9 Å². The fourth-order valence-corrected chi connectivity index (χ4v) is 4.79. The van der Waals surface area contributed by atoms with Gasteiger partial charge in [-0.3, -0.25) is 4.79 Å². The number of allylic oxidation sites excluding steroid dienone is 4. The van der Waals surface area contributed by atoms with Crippen LogP contribution in [0.3, 0.4) is 0 Å². The number of carbonyl (C=O) groups is 1. The Morgan fingerprint density at radius 2 is 1.50 bits per heavy atom. The van der Waals surface area contributed by atoms with E-state index in [0.29, 0.717) is 29.2 Å². The summed E-state index contributed by atoms with van der Waals surface area (Å²) in [4.78, 5) is 14.3. The molecule has 0 N–H and O–H groups in total. The first-order valence-electron chi connectivity index (χ1n) is 12.9. The molecule has 0 amide bonds. The molecule has 7 heteroatoms. The fourth-order valence-electron chi connectivity index (χ4n) is 4.79. The average molecular weight is 525 g/mol. The lowest BCUT2D eigenvalue weighted by molar-refractivity contribution is 0.0436. The first-order chi connectivity index (χ1) is 18.4. The van der Waals surface area contributed by atoms with Crippen molar-refractivity contribution in [2.75, 3.05) is 42.0 Å². The van der Waals surface area contributed by atoms with E-state index in [4.69, 9.17) is 28.4 Å². The van der Waals surface area contributed by atoms with Crippen molar-refractivity contribution in [3.05, 3.63) is 70.8 Å². The maximum atomic E-state index is 14.3. The SMILES string of the molecule is COCOc1cc(OC)cc(OCOC)c1C(=O)[C@@H]1CC=C(CCC=C(C)C)C[C@H]1c1ccc(OC)cc1. The van der Waals surface area contributed by atoms with Gasteiger partial charge in [0.1, 0.15) is 28.6 Å². The maximum absolute atomic E-state index is 14.3. The van der Waals surface area contributed by atoms with Crippen LogP contribution in [0.4, 0.5) is 0 Å². The third-order valence-corrected chi connectivity index (χ3v) is 6.71. The summed E-state index contributed by atoms with van der Waals surface area (Å²) >= 11 is 0. The van der Waals surface area contributed by atoms with E-state index in [1.54, 1.807) is 26.4 Å². The average Bonchev–Trinajstić information content (AvgIpc) is 2.94. The van der Waals surface area contributed by atoms with Crippen LogP contribution in [0, 0.1) is 5.92 Å². The van der Waals surface area contributed by atoms with Crippen molar-refractivity contribution in [1.82, 2.24) is 0 Å². The van der Waals surface area contributed by atoms with Crippen LogP contribution in [0.5, 0.6) is 23.0 Å². The standard InChI is InChI=1S/C31H40O7/c1-21(2)8-7-9-22-10-15-26(27(16-22)23-11-13-24(35-5)14-12-23)31(32)30-28(37-19-33-3)17-25(36-6)18-29(30)38-20-34-4/h8,10-14,17-18,26-27H,7,9,15-16,19-20H2,1-6H3/t26-,27+/m1/s1. The van der Waals surface area contributed by atoms with Gasteiger partial charge in [-0.15, -0.1) is 0 Å². The van der Waals surface area contributed by atoms with Crippen molar-refractivity contribution < 1.29 is 33.2 Å². The first-order valence-corrected chi connectivity index (χ1v) is 12.9. The van der Waals surface area contributed by atoms with Crippen LogP contribution in [-0.2, 0) is 9.47 Å². The predicted octanol–water partition coefficient (Wildman–Crippen LogP) is 6.72. The van der Waals surface area contributed by atoms with Gasteiger partial charge in [-0.1, -0.05) is 35.4 Å². The van der Waals surface area contributed by atoms with Gasteiger partial charge in [-0.2, -0.15) is 0 Å². The van der Waals surface area contributed by atoms with E-state index in [1.807, 2.05) is 12.1 Å². The molecule has 0 saturated carbocycles. The maximum Gasteiger partial charge on any atom is 0.188 e. The van der Waals surface area contributed by atoms with Crippen LogP contribution in [-0.4, -0.2) is 47.8 Å². The predicted molar refractivity (Wildman–Crippen MR) is 148 cm³/mol. The van der Waals surface area contributed by atoms with E-state index in [2.05, 4.69) is 38.1 Å². The minimum absolute atomic E-state index is 0.00670. The third kappa shape index (κ3) is 7.62. The van der Waals surface area contributed by atoms with Gasteiger partial charge in [0.2, 0.25) is 0 Å². The summed E-state index contributed by atoms with van der Waals surface area (Å²) < 4.78 is 32.8. The molecule has 2 aromatic carbocycles. The molecule has 0 bridgehead atoms. The van der Waals surface area contributed by atoms with Gasteiger partial charge < -0.3 is 28.4 Å². The smallest absolute Gasteiger partial charge is 0.188 e. The number of ether oxygens (including phenoxy) is 6. The molecule has 0 spiro atoms. The number of rotatable bonds is 14. The van der Waals surface area contributed by atoms with E-state index in [-0.39, 0.29) is 31.2 Å². The van der Waals surface area contributed by atoms with Crippen LogP contribution >= 0.6 is 0 Å². The van der Waals surface area contributed by atoms with Crippen LogP contribution in [0.2, 0.25) is 0 Å². The van der Waals surface area contributed by atoms with Gasteiger partial charge in [-0.25, -0.2) is 0 Å². The molecule has 7 nitrogen and oxygen atoms in total. The summed E-state index contributed by atoms with van der Waals surface area (Å²) in [5.74, 6) is 1.64. The molecule has 0 aliphatic heterocycles. The van der Waals surface area contributed by atoms with Crippen molar-refractivity contribution in [3.8, 4) is 23.0 Å². The number of Topliss-reactive ketones (excluding diaryl/α,β-unsaturated/α-hetero) is 1. The molecule has 1 aliphatic carbocycles. The molecule has 0 unspecified atom stereocenters. The molecule has 206 valence electrons. The van der Waals surface area contributed by atoms with Gasteiger partial charge in [0, 0.05) is 32.3 Å². The lowest BCUT2D eigenvalue weighted by Gasteiger charge is -2.32. The summed E-state index contributed by atoms with van der Waals surface area (Å²) in [7, 11) is 6.27. The molecular formula is C31H40O7. The molecule has 2 atom stereocenters. The molecule has 3 rings (SSSR count). The number of hydrogen-bond acceptors (Lipinski definition) is 7. The Kier molecular flexibility index (Phi) is 11.2. The van der Waals surface area contributed by atoms with Crippen LogP contribution in [0.25, 0.3) is 0 Å². The molecule has 0 saturated heterocycles. The Bertz CT molecular complexity index is 1080. The van der Waals surface area contributed by atoms with Gasteiger partial charge in [0.05, 0.1) is 14.2 Å². The highest BCUT2D eigenvalue weighted by Gasteiger charge is 2.36.